The fraction of sp³-hybridized carbons (Fsp3) is 0.0667. The molecule has 1 fully saturated rings. The van der Waals surface area contributed by atoms with Crippen molar-refractivity contribution in [3.05, 3.63) is 54.6 Å². The smallest absolute Gasteiger partial charge is 0.236 e. The minimum atomic E-state index is -0.00205. The van der Waals surface area contributed by atoms with Crippen LogP contribution in [0.2, 0.25) is 0 Å². The van der Waals surface area contributed by atoms with E-state index in [1.165, 1.54) is 11.8 Å². The first kappa shape index (κ1) is 12.7. The topological polar surface area (TPSA) is 50.7 Å². The van der Waals surface area contributed by atoms with E-state index in [0.717, 1.165) is 17.2 Å². The number of thioether (sulfide) groups is 1. The van der Waals surface area contributed by atoms with E-state index >= 15 is 0 Å². The lowest BCUT2D eigenvalue weighted by molar-refractivity contribution is -0.116. The Morgan fingerprint density at radius 2 is 1.70 bits per heavy atom. The fourth-order valence-electron chi connectivity index (χ4n) is 1.72. The number of ether oxygens (including phenoxy) is 1. The Labute approximate surface area is 120 Å². The molecule has 5 heteroatoms. The Kier molecular flexibility index (Phi) is 3.69. The minimum Gasteiger partial charge on any atom is -0.457 e. The average molecular weight is 284 g/mol. The normalized spacial score (nSPS) is 16.2. The average Bonchev–Trinajstić information content (AvgIpc) is 2.88. The molecule has 0 aromatic heterocycles. The van der Waals surface area contributed by atoms with E-state index < -0.39 is 0 Å². The van der Waals surface area contributed by atoms with Gasteiger partial charge in [0, 0.05) is 0 Å². The highest BCUT2D eigenvalue weighted by Crippen LogP contribution is 2.24. The summed E-state index contributed by atoms with van der Waals surface area (Å²) in [4.78, 5) is 15.4. The van der Waals surface area contributed by atoms with Gasteiger partial charge in [-0.1, -0.05) is 30.0 Å². The Bertz CT molecular complexity index is 639. The van der Waals surface area contributed by atoms with Crippen LogP contribution in [-0.4, -0.2) is 16.8 Å². The zero-order valence-electron chi connectivity index (χ0n) is 10.6. The molecule has 0 bridgehead atoms. The number of hydrogen-bond acceptors (Lipinski definition) is 4. The van der Waals surface area contributed by atoms with Crippen LogP contribution >= 0.6 is 11.8 Å². The highest BCUT2D eigenvalue weighted by molar-refractivity contribution is 8.15. The molecule has 0 atom stereocenters. The second-order valence-corrected chi connectivity index (χ2v) is 5.13. The molecule has 100 valence electrons. The van der Waals surface area contributed by atoms with Gasteiger partial charge in [0.25, 0.3) is 0 Å². The first-order chi connectivity index (χ1) is 9.79. The largest absolute Gasteiger partial charge is 0.457 e. The van der Waals surface area contributed by atoms with E-state index in [1.54, 1.807) is 0 Å². The van der Waals surface area contributed by atoms with E-state index in [-0.39, 0.29) is 5.91 Å². The molecule has 1 amide bonds. The van der Waals surface area contributed by atoms with Crippen molar-refractivity contribution in [2.75, 3.05) is 5.75 Å². The maximum absolute atomic E-state index is 11.1. The van der Waals surface area contributed by atoms with Crippen LogP contribution in [-0.2, 0) is 4.79 Å². The number of hydrogen-bond donors (Lipinski definition) is 1. The molecule has 20 heavy (non-hydrogen) atoms. The number of amides is 1. The highest BCUT2D eigenvalue weighted by Gasteiger charge is 2.16. The second kappa shape index (κ2) is 5.79. The zero-order chi connectivity index (χ0) is 13.8. The number of amidine groups is 1. The lowest BCUT2D eigenvalue weighted by Crippen LogP contribution is -2.19. The molecule has 0 unspecified atom stereocenters. The highest BCUT2D eigenvalue weighted by atomic mass is 32.2. The summed E-state index contributed by atoms with van der Waals surface area (Å²) in [5, 5.41) is 3.34. The molecule has 1 saturated heterocycles. The molecule has 2 aromatic rings. The van der Waals surface area contributed by atoms with E-state index in [0.29, 0.717) is 10.9 Å². The summed E-state index contributed by atoms with van der Waals surface area (Å²) in [6.45, 7) is 0. The predicted octanol–water partition coefficient (Wildman–Crippen LogP) is 3.33. The van der Waals surface area contributed by atoms with Gasteiger partial charge in [-0.15, -0.1) is 0 Å². The van der Waals surface area contributed by atoms with E-state index in [4.69, 9.17) is 4.74 Å². The van der Waals surface area contributed by atoms with Crippen LogP contribution in [0.1, 0.15) is 0 Å². The summed E-state index contributed by atoms with van der Waals surface area (Å²) in [5.41, 5.74) is 0.787. The van der Waals surface area contributed by atoms with Gasteiger partial charge in [0.1, 0.15) is 11.5 Å². The third-order valence-electron chi connectivity index (χ3n) is 2.63. The van der Waals surface area contributed by atoms with E-state index in [1.807, 2.05) is 54.6 Å². The number of carbonyl (C=O) groups excluding carboxylic acids is 1. The van der Waals surface area contributed by atoms with Crippen molar-refractivity contribution in [2.45, 2.75) is 0 Å². The maximum Gasteiger partial charge on any atom is 0.236 e. The van der Waals surface area contributed by atoms with E-state index in [2.05, 4.69) is 10.3 Å². The van der Waals surface area contributed by atoms with Gasteiger partial charge in [-0.2, -0.15) is 0 Å². The summed E-state index contributed by atoms with van der Waals surface area (Å²) >= 11 is 1.41. The number of nitrogens with zero attached hydrogens (tertiary/aromatic N) is 1. The number of carbonyl (C=O) groups is 1. The van der Waals surface area contributed by atoms with Crippen LogP contribution < -0.4 is 10.1 Å². The van der Waals surface area contributed by atoms with Gasteiger partial charge in [-0.05, 0) is 36.4 Å². The third-order valence-corrected chi connectivity index (χ3v) is 3.51. The van der Waals surface area contributed by atoms with Gasteiger partial charge in [-0.25, -0.2) is 4.99 Å². The number of rotatable bonds is 3. The Morgan fingerprint density at radius 3 is 2.35 bits per heavy atom. The van der Waals surface area contributed by atoms with E-state index in [9.17, 15) is 4.79 Å². The molecular weight excluding hydrogens is 272 g/mol. The summed E-state index contributed by atoms with van der Waals surface area (Å²) in [6, 6.07) is 17.0. The van der Waals surface area contributed by atoms with Gasteiger partial charge in [0.15, 0.2) is 5.17 Å². The van der Waals surface area contributed by atoms with Crippen molar-refractivity contribution in [1.29, 1.82) is 0 Å². The van der Waals surface area contributed by atoms with Crippen LogP contribution in [0.15, 0.2) is 59.6 Å². The van der Waals surface area contributed by atoms with Crippen molar-refractivity contribution in [3.63, 3.8) is 0 Å². The quantitative estimate of drug-likeness (QED) is 0.940. The third kappa shape index (κ3) is 3.19. The first-order valence-electron chi connectivity index (χ1n) is 6.14. The fourth-order valence-corrected chi connectivity index (χ4v) is 2.41. The van der Waals surface area contributed by atoms with Crippen molar-refractivity contribution in [1.82, 2.24) is 5.32 Å². The monoisotopic (exact) mass is 284 g/mol. The van der Waals surface area contributed by atoms with Crippen molar-refractivity contribution in [3.8, 4) is 11.5 Å². The number of para-hydroxylation sites is 1. The van der Waals surface area contributed by atoms with Gasteiger partial charge in [0.2, 0.25) is 5.91 Å². The van der Waals surface area contributed by atoms with Gasteiger partial charge >= 0.3 is 0 Å². The van der Waals surface area contributed by atoms with Gasteiger partial charge < -0.3 is 10.1 Å². The molecule has 1 aliphatic heterocycles. The first-order valence-corrected chi connectivity index (χ1v) is 7.12. The van der Waals surface area contributed by atoms with Crippen LogP contribution in [0, 0.1) is 0 Å². The molecule has 3 rings (SSSR count). The van der Waals surface area contributed by atoms with Crippen molar-refractivity contribution in [2.24, 2.45) is 4.99 Å². The van der Waals surface area contributed by atoms with Crippen LogP contribution in [0.4, 0.5) is 5.69 Å². The molecule has 1 aliphatic rings. The molecule has 0 radical (unpaired) electrons. The molecule has 4 nitrogen and oxygen atoms in total. The zero-order valence-corrected chi connectivity index (χ0v) is 11.4. The lowest BCUT2D eigenvalue weighted by Gasteiger charge is -2.05. The van der Waals surface area contributed by atoms with Crippen LogP contribution in [0.25, 0.3) is 0 Å². The standard InChI is InChI=1S/C15H12N2O2S/c18-14-10-20-15(17-14)16-11-6-8-13(9-7-11)19-12-4-2-1-3-5-12/h1-9H,10H2,(H,16,17,18). The molecule has 0 spiro atoms. The molecule has 0 aliphatic carbocycles. The maximum atomic E-state index is 11.1. The lowest BCUT2D eigenvalue weighted by atomic mass is 10.3. The number of nitrogens with one attached hydrogen (secondary N) is 1. The Hall–Kier alpha value is -2.27. The summed E-state index contributed by atoms with van der Waals surface area (Å²) in [7, 11) is 0. The summed E-state index contributed by atoms with van der Waals surface area (Å²) in [5.74, 6) is 1.99. The Balaban J connectivity index is 1.70. The molecule has 1 N–H and O–H groups in total. The van der Waals surface area contributed by atoms with Crippen molar-refractivity contribution < 1.29 is 9.53 Å². The van der Waals surface area contributed by atoms with Crippen LogP contribution in [0.3, 0.4) is 0 Å². The number of benzene rings is 2. The molecular formula is C15H12N2O2S. The minimum absolute atomic E-state index is 0.00205. The molecule has 0 saturated carbocycles. The molecule has 2 aromatic carbocycles. The second-order valence-electron chi connectivity index (χ2n) is 4.16. The number of aliphatic imine (C=N–C) groups is 1. The molecule has 1 heterocycles. The van der Waals surface area contributed by atoms with Crippen molar-refractivity contribution >= 4 is 28.5 Å². The SMILES string of the molecule is O=C1CSC(=Nc2ccc(Oc3ccccc3)cc2)N1. The van der Waals surface area contributed by atoms with Gasteiger partial charge in [0.05, 0.1) is 11.4 Å². The van der Waals surface area contributed by atoms with Gasteiger partial charge in [-0.3, -0.25) is 4.79 Å². The predicted molar refractivity (Wildman–Crippen MR) is 80.7 cm³/mol. The van der Waals surface area contributed by atoms with Crippen LogP contribution in [0.5, 0.6) is 11.5 Å². The summed E-state index contributed by atoms with van der Waals surface area (Å²) < 4.78 is 5.70. The summed E-state index contributed by atoms with van der Waals surface area (Å²) in [6.07, 6.45) is 0. The Morgan fingerprint density at radius 1 is 1.00 bits per heavy atom.